The number of hydrogen-bond acceptors (Lipinski definition) is 4. The van der Waals surface area contributed by atoms with Crippen molar-refractivity contribution in [2.75, 3.05) is 19.8 Å². The van der Waals surface area contributed by atoms with Crippen LogP contribution in [0.5, 0.6) is 0 Å². The number of esters is 1. The Morgan fingerprint density at radius 2 is 1.59 bits per heavy atom. The summed E-state index contributed by atoms with van der Waals surface area (Å²) < 4.78 is 16.7. The van der Waals surface area contributed by atoms with Crippen molar-refractivity contribution in [3.63, 3.8) is 0 Å². The van der Waals surface area contributed by atoms with Gasteiger partial charge in [0.1, 0.15) is 0 Å². The second-order valence-corrected chi connectivity index (χ2v) is 7.23. The fraction of sp³-hybridized carbons (Fsp3) is 0.944. The number of rotatable bonds is 4. The zero-order valence-corrected chi connectivity index (χ0v) is 13.9. The summed E-state index contributed by atoms with van der Waals surface area (Å²) in [4.78, 5) is 11.6. The van der Waals surface area contributed by atoms with E-state index in [0.717, 1.165) is 37.9 Å². The van der Waals surface area contributed by atoms with Gasteiger partial charge in [0, 0.05) is 19.3 Å². The second-order valence-electron chi connectivity index (χ2n) is 7.23. The predicted octanol–water partition coefficient (Wildman–Crippen LogP) is 3.68. The smallest absolute Gasteiger partial charge is 0.306 e. The Bertz CT molecular complexity index is 357. The van der Waals surface area contributed by atoms with Gasteiger partial charge in [-0.3, -0.25) is 4.79 Å². The van der Waals surface area contributed by atoms with Crippen molar-refractivity contribution < 1.29 is 19.0 Å². The number of ether oxygens (including phenoxy) is 3. The molecule has 0 amide bonds. The van der Waals surface area contributed by atoms with Gasteiger partial charge in [-0.1, -0.05) is 0 Å². The molecular formula is C18H30O4. The summed E-state index contributed by atoms with van der Waals surface area (Å²) >= 11 is 0. The van der Waals surface area contributed by atoms with Gasteiger partial charge in [-0.25, -0.2) is 0 Å². The molecule has 22 heavy (non-hydrogen) atoms. The number of carbonyl (C=O) groups is 1. The Hall–Kier alpha value is -0.610. The Balaban J connectivity index is 1.40. The lowest BCUT2D eigenvalue weighted by molar-refractivity contribution is -0.185. The zero-order chi connectivity index (χ0) is 15.4. The fourth-order valence-electron chi connectivity index (χ4n) is 4.66. The van der Waals surface area contributed by atoms with E-state index in [0.29, 0.717) is 18.9 Å². The summed E-state index contributed by atoms with van der Waals surface area (Å²) in [6, 6.07) is 0. The van der Waals surface area contributed by atoms with Gasteiger partial charge in [-0.15, -0.1) is 0 Å². The number of carbonyl (C=O) groups excluding carboxylic acids is 1. The van der Waals surface area contributed by atoms with Crippen LogP contribution in [0.3, 0.4) is 0 Å². The van der Waals surface area contributed by atoms with E-state index in [4.69, 9.17) is 14.2 Å². The van der Waals surface area contributed by atoms with Gasteiger partial charge in [0.15, 0.2) is 5.79 Å². The van der Waals surface area contributed by atoms with Gasteiger partial charge in [0.2, 0.25) is 0 Å². The lowest BCUT2D eigenvalue weighted by Gasteiger charge is -2.40. The number of hydrogen-bond donors (Lipinski definition) is 0. The third-order valence-electron chi connectivity index (χ3n) is 5.92. The maximum Gasteiger partial charge on any atom is 0.306 e. The molecule has 126 valence electrons. The molecule has 1 aliphatic heterocycles. The SMILES string of the molecule is CCOC(=O)CC1CCC(C2CCC3(CC2)OCCO3)CC1. The summed E-state index contributed by atoms with van der Waals surface area (Å²) in [5.41, 5.74) is 0. The van der Waals surface area contributed by atoms with Crippen molar-refractivity contribution in [1.82, 2.24) is 0 Å². The Morgan fingerprint density at radius 3 is 2.18 bits per heavy atom. The standard InChI is InChI=1S/C18H30O4/c1-2-20-17(19)13-14-3-5-15(6-4-14)16-7-9-18(10-8-16)21-11-12-22-18/h14-16H,2-13H2,1H3. The first-order chi connectivity index (χ1) is 10.7. The van der Waals surface area contributed by atoms with Crippen LogP contribution >= 0.6 is 0 Å². The molecular weight excluding hydrogens is 280 g/mol. The van der Waals surface area contributed by atoms with Crippen LogP contribution in [-0.2, 0) is 19.0 Å². The van der Waals surface area contributed by atoms with E-state index in [9.17, 15) is 4.79 Å². The van der Waals surface area contributed by atoms with E-state index in [1.54, 1.807) is 0 Å². The lowest BCUT2D eigenvalue weighted by atomic mass is 9.69. The third-order valence-corrected chi connectivity index (χ3v) is 5.92. The first-order valence-corrected chi connectivity index (χ1v) is 9.14. The zero-order valence-electron chi connectivity index (χ0n) is 13.9. The molecule has 0 radical (unpaired) electrons. The van der Waals surface area contributed by atoms with E-state index in [1.807, 2.05) is 6.92 Å². The van der Waals surface area contributed by atoms with Crippen molar-refractivity contribution in [3.05, 3.63) is 0 Å². The molecule has 4 nitrogen and oxygen atoms in total. The largest absolute Gasteiger partial charge is 0.466 e. The molecule has 0 unspecified atom stereocenters. The summed E-state index contributed by atoms with van der Waals surface area (Å²) in [6.07, 6.45) is 10.2. The summed E-state index contributed by atoms with van der Waals surface area (Å²) in [7, 11) is 0. The average molecular weight is 310 g/mol. The fourth-order valence-corrected chi connectivity index (χ4v) is 4.66. The molecule has 2 aliphatic carbocycles. The van der Waals surface area contributed by atoms with E-state index in [-0.39, 0.29) is 11.8 Å². The molecule has 0 aromatic heterocycles. The molecule has 0 aromatic carbocycles. The Morgan fingerprint density at radius 1 is 1.00 bits per heavy atom. The highest BCUT2D eigenvalue weighted by Gasteiger charge is 2.42. The first kappa shape index (κ1) is 16.3. The predicted molar refractivity (Wildman–Crippen MR) is 83.3 cm³/mol. The van der Waals surface area contributed by atoms with E-state index >= 15 is 0 Å². The van der Waals surface area contributed by atoms with Crippen molar-refractivity contribution in [2.45, 2.75) is 70.5 Å². The van der Waals surface area contributed by atoms with Crippen LogP contribution in [0.4, 0.5) is 0 Å². The normalized spacial score (nSPS) is 32.2. The van der Waals surface area contributed by atoms with Gasteiger partial charge in [-0.05, 0) is 63.2 Å². The van der Waals surface area contributed by atoms with Crippen molar-refractivity contribution in [3.8, 4) is 0 Å². The molecule has 0 bridgehead atoms. The van der Waals surface area contributed by atoms with Gasteiger partial charge < -0.3 is 14.2 Å². The first-order valence-electron chi connectivity index (χ1n) is 9.14. The van der Waals surface area contributed by atoms with Crippen LogP contribution in [0.1, 0.15) is 64.7 Å². The molecule has 3 aliphatic rings. The summed E-state index contributed by atoms with van der Waals surface area (Å²) in [6.45, 7) is 3.91. The van der Waals surface area contributed by atoms with E-state index < -0.39 is 0 Å². The van der Waals surface area contributed by atoms with Crippen LogP contribution in [0.25, 0.3) is 0 Å². The molecule has 4 heteroatoms. The minimum Gasteiger partial charge on any atom is -0.466 e. The Kier molecular flexibility index (Phi) is 5.40. The molecule has 0 N–H and O–H groups in total. The molecule has 3 rings (SSSR count). The summed E-state index contributed by atoms with van der Waals surface area (Å²) in [5, 5.41) is 0. The highest BCUT2D eigenvalue weighted by atomic mass is 16.7. The average Bonchev–Trinajstić information content (AvgIpc) is 2.97. The van der Waals surface area contributed by atoms with Crippen LogP contribution in [-0.4, -0.2) is 31.6 Å². The van der Waals surface area contributed by atoms with Crippen LogP contribution in [0.2, 0.25) is 0 Å². The maximum absolute atomic E-state index is 11.6. The molecule has 1 heterocycles. The third kappa shape index (κ3) is 3.83. The van der Waals surface area contributed by atoms with Gasteiger partial charge in [0.05, 0.1) is 19.8 Å². The molecule has 0 atom stereocenters. The summed E-state index contributed by atoms with van der Waals surface area (Å²) in [5.74, 6) is 1.99. The molecule has 3 fully saturated rings. The highest BCUT2D eigenvalue weighted by molar-refractivity contribution is 5.69. The molecule has 1 spiro atoms. The quantitative estimate of drug-likeness (QED) is 0.743. The van der Waals surface area contributed by atoms with Crippen LogP contribution in [0, 0.1) is 17.8 Å². The second kappa shape index (κ2) is 7.31. The van der Waals surface area contributed by atoms with E-state index in [2.05, 4.69) is 0 Å². The van der Waals surface area contributed by atoms with E-state index in [1.165, 1.54) is 38.5 Å². The van der Waals surface area contributed by atoms with Crippen molar-refractivity contribution in [1.29, 1.82) is 0 Å². The highest BCUT2D eigenvalue weighted by Crippen LogP contribution is 2.45. The van der Waals surface area contributed by atoms with Gasteiger partial charge >= 0.3 is 5.97 Å². The monoisotopic (exact) mass is 310 g/mol. The molecule has 2 saturated carbocycles. The van der Waals surface area contributed by atoms with Crippen molar-refractivity contribution in [2.24, 2.45) is 17.8 Å². The minimum absolute atomic E-state index is 0.0129. The van der Waals surface area contributed by atoms with Crippen molar-refractivity contribution >= 4 is 5.97 Å². The minimum atomic E-state index is -0.225. The van der Waals surface area contributed by atoms with Gasteiger partial charge in [0.25, 0.3) is 0 Å². The maximum atomic E-state index is 11.6. The lowest BCUT2D eigenvalue weighted by Crippen LogP contribution is -2.37. The topological polar surface area (TPSA) is 44.8 Å². The molecule has 0 aromatic rings. The molecule has 1 saturated heterocycles. The van der Waals surface area contributed by atoms with Gasteiger partial charge in [-0.2, -0.15) is 0 Å². The van der Waals surface area contributed by atoms with Crippen LogP contribution in [0.15, 0.2) is 0 Å². The van der Waals surface area contributed by atoms with Crippen LogP contribution < -0.4 is 0 Å². The Labute approximate surface area is 133 Å².